The van der Waals surface area contributed by atoms with Gasteiger partial charge in [0, 0.05) is 26.0 Å². The van der Waals surface area contributed by atoms with Gasteiger partial charge in [-0.25, -0.2) is 0 Å². The minimum Gasteiger partial charge on any atom is -0.490 e. The smallest absolute Gasteiger partial charge is 0.255 e. The molecule has 0 saturated carbocycles. The van der Waals surface area contributed by atoms with Crippen molar-refractivity contribution in [1.82, 2.24) is 24.5 Å². The summed E-state index contributed by atoms with van der Waals surface area (Å²) in [5.41, 5.74) is 1.29. The Balaban J connectivity index is 1.52. The highest BCUT2D eigenvalue weighted by Crippen LogP contribution is 2.23. The molecule has 2 atom stereocenters. The summed E-state index contributed by atoms with van der Waals surface area (Å²) >= 11 is 0. The first-order valence-electron chi connectivity index (χ1n) is 8.40. The lowest BCUT2D eigenvalue weighted by molar-refractivity contribution is 0.0657. The summed E-state index contributed by atoms with van der Waals surface area (Å²) in [6.45, 7) is 0.933. The van der Waals surface area contributed by atoms with Crippen molar-refractivity contribution in [3.63, 3.8) is 0 Å². The molecular weight excluding hydrogens is 334 g/mol. The van der Waals surface area contributed by atoms with Crippen LogP contribution < -0.4 is 4.74 Å². The van der Waals surface area contributed by atoms with Crippen LogP contribution in [0.3, 0.4) is 0 Å². The van der Waals surface area contributed by atoms with E-state index < -0.39 is 0 Å². The summed E-state index contributed by atoms with van der Waals surface area (Å²) in [5.74, 6) is 0.631. The van der Waals surface area contributed by atoms with E-state index in [0.29, 0.717) is 30.1 Å². The molecule has 8 heteroatoms. The average molecular weight is 353 g/mol. The zero-order valence-corrected chi connectivity index (χ0v) is 14.4. The summed E-state index contributed by atoms with van der Waals surface area (Å²) in [6.07, 6.45) is 7.42. The maximum Gasteiger partial charge on any atom is 0.255 e. The second-order valence-electron chi connectivity index (χ2n) is 6.22. The van der Waals surface area contributed by atoms with Crippen LogP contribution in [0.2, 0.25) is 0 Å². The number of aromatic nitrogens is 4. The van der Waals surface area contributed by atoms with E-state index in [1.165, 1.54) is 0 Å². The molecule has 26 heavy (non-hydrogen) atoms. The lowest BCUT2D eigenvalue weighted by Crippen LogP contribution is -2.39. The Kier molecular flexibility index (Phi) is 4.49. The quantitative estimate of drug-likeness (QED) is 0.690. The van der Waals surface area contributed by atoms with Crippen molar-refractivity contribution < 1.29 is 14.3 Å². The molecule has 0 radical (unpaired) electrons. The molecule has 134 valence electrons. The molecule has 0 bridgehead atoms. The Morgan fingerprint density at radius 3 is 3.08 bits per heavy atom. The van der Waals surface area contributed by atoms with E-state index in [4.69, 9.17) is 9.47 Å². The van der Waals surface area contributed by atoms with Crippen LogP contribution in [0, 0.1) is 0 Å². The molecule has 3 aromatic heterocycles. The lowest BCUT2D eigenvalue weighted by Gasteiger charge is -2.24. The third-order valence-electron chi connectivity index (χ3n) is 4.58. The lowest BCUT2D eigenvalue weighted by atomic mass is 10.2. The van der Waals surface area contributed by atoms with E-state index in [1.807, 2.05) is 17.0 Å². The average Bonchev–Trinajstić information content (AvgIpc) is 3.32. The van der Waals surface area contributed by atoms with Crippen molar-refractivity contribution in [2.24, 2.45) is 0 Å². The Hall–Kier alpha value is -3.00. The molecule has 1 aliphatic rings. The highest BCUT2D eigenvalue weighted by atomic mass is 16.5. The van der Waals surface area contributed by atoms with E-state index in [1.54, 1.807) is 48.6 Å². The van der Waals surface area contributed by atoms with Crippen molar-refractivity contribution in [3.05, 3.63) is 54.7 Å². The molecule has 4 rings (SSSR count). The van der Waals surface area contributed by atoms with Crippen LogP contribution in [0.25, 0.3) is 5.65 Å². The summed E-state index contributed by atoms with van der Waals surface area (Å²) < 4.78 is 13.0. The first-order valence-corrected chi connectivity index (χ1v) is 8.40. The van der Waals surface area contributed by atoms with Crippen LogP contribution in [0.15, 0.2) is 49.2 Å². The number of methoxy groups -OCH3 is 1. The van der Waals surface area contributed by atoms with Crippen LogP contribution in [0.1, 0.15) is 16.8 Å². The molecule has 0 aromatic carbocycles. The molecular formula is C18H19N5O3. The zero-order chi connectivity index (χ0) is 17.9. The van der Waals surface area contributed by atoms with Crippen molar-refractivity contribution in [3.8, 4) is 5.75 Å². The Morgan fingerprint density at radius 2 is 2.27 bits per heavy atom. The standard InChI is InChI=1S/C18H19N5O3/c1-25-16-7-14(11-26-15-3-2-6-19-8-15)23(10-16)18(24)13-4-5-17-21-20-12-22(17)9-13/h2-6,8-9,12,14,16H,7,10-11H2,1H3/t14-,16+/m0/s1. The van der Waals surface area contributed by atoms with Gasteiger partial charge in [0.1, 0.15) is 18.7 Å². The number of amides is 1. The van der Waals surface area contributed by atoms with Gasteiger partial charge >= 0.3 is 0 Å². The molecule has 1 saturated heterocycles. The van der Waals surface area contributed by atoms with E-state index in [2.05, 4.69) is 15.2 Å². The van der Waals surface area contributed by atoms with Gasteiger partial charge in [0.05, 0.1) is 23.9 Å². The van der Waals surface area contributed by atoms with E-state index in [9.17, 15) is 4.79 Å². The number of pyridine rings is 2. The van der Waals surface area contributed by atoms with Crippen LogP contribution in [0.4, 0.5) is 0 Å². The fourth-order valence-corrected chi connectivity index (χ4v) is 3.20. The Morgan fingerprint density at radius 1 is 1.35 bits per heavy atom. The molecule has 0 aliphatic carbocycles. The van der Waals surface area contributed by atoms with E-state index in [0.717, 1.165) is 6.42 Å². The van der Waals surface area contributed by atoms with Gasteiger partial charge in [0.2, 0.25) is 0 Å². The van der Waals surface area contributed by atoms with Crippen LogP contribution >= 0.6 is 0 Å². The third kappa shape index (κ3) is 3.23. The van der Waals surface area contributed by atoms with Crippen LogP contribution in [-0.2, 0) is 4.74 Å². The SMILES string of the molecule is CO[C@@H]1C[C@@H](COc2cccnc2)N(C(=O)c2ccc3nncn3c2)C1. The molecule has 1 aliphatic heterocycles. The molecule has 1 amide bonds. The van der Waals surface area contributed by atoms with Gasteiger partial charge in [0.25, 0.3) is 5.91 Å². The summed E-state index contributed by atoms with van der Waals surface area (Å²) in [7, 11) is 1.67. The first kappa shape index (κ1) is 16.5. The minimum absolute atomic E-state index is 0.0000844. The number of hydrogen-bond acceptors (Lipinski definition) is 6. The number of likely N-dealkylation sites (tertiary alicyclic amines) is 1. The first-order chi connectivity index (χ1) is 12.7. The number of fused-ring (bicyclic) bond motifs is 1. The maximum atomic E-state index is 13.0. The van der Waals surface area contributed by atoms with Crippen LogP contribution in [-0.4, -0.2) is 62.8 Å². The molecule has 0 spiro atoms. The number of rotatable bonds is 5. The van der Waals surface area contributed by atoms with Crippen molar-refractivity contribution in [1.29, 1.82) is 0 Å². The second kappa shape index (κ2) is 7.09. The largest absolute Gasteiger partial charge is 0.490 e. The highest BCUT2D eigenvalue weighted by molar-refractivity contribution is 5.94. The molecule has 1 fully saturated rings. The number of carbonyl (C=O) groups is 1. The minimum atomic E-state index is -0.0655. The van der Waals surface area contributed by atoms with Crippen molar-refractivity contribution >= 4 is 11.6 Å². The van der Waals surface area contributed by atoms with Gasteiger partial charge in [-0.05, 0) is 30.7 Å². The van der Waals surface area contributed by atoms with Gasteiger partial charge < -0.3 is 14.4 Å². The molecule has 0 unspecified atom stereocenters. The van der Waals surface area contributed by atoms with Crippen molar-refractivity contribution in [2.75, 3.05) is 20.3 Å². The number of ether oxygens (including phenoxy) is 2. The van der Waals surface area contributed by atoms with Crippen molar-refractivity contribution in [2.45, 2.75) is 18.6 Å². The van der Waals surface area contributed by atoms with Gasteiger partial charge in [-0.1, -0.05) is 0 Å². The summed E-state index contributed by atoms with van der Waals surface area (Å²) in [4.78, 5) is 18.9. The van der Waals surface area contributed by atoms with Gasteiger partial charge in [-0.2, -0.15) is 0 Å². The van der Waals surface area contributed by atoms with Gasteiger partial charge in [0.15, 0.2) is 5.65 Å². The second-order valence-corrected chi connectivity index (χ2v) is 6.22. The number of nitrogens with zero attached hydrogens (tertiary/aromatic N) is 5. The summed E-state index contributed by atoms with van der Waals surface area (Å²) in [5, 5.41) is 7.81. The molecule has 0 N–H and O–H groups in total. The monoisotopic (exact) mass is 353 g/mol. The van der Waals surface area contributed by atoms with E-state index >= 15 is 0 Å². The molecule has 8 nitrogen and oxygen atoms in total. The fraction of sp³-hybridized carbons (Fsp3) is 0.333. The third-order valence-corrected chi connectivity index (χ3v) is 4.58. The Labute approximate surface area is 150 Å². The molecule has 4 heterocycles. The van der Waals surface area contributed by atoms with Crippen LogP contribution in [0.5, 0.6) is 5.75 Å². The number of carbonyl (C=O) groups excluding carboxylic acids is 1. The number of hydrogen-bond donors (Lipinski definition) is 0. The summed E-state index contributed by atoms with van der Waals surface area (Å²) in [6, 6.07) is 7.15. The highest BCUT2D eigenvalue weighted by Gasteiger charge is 2.36. The predicted molar refractivity (Wildman–Crippen MR) is 93.0 cm³/mol. The maximum absolute atomic E-state index is 13.0. The molecule has 3 aromatic rings. The predicted octanol–water partition coefficient (Wildman–Crippen LogP) is 1.43. The topological polar surface area (TPSA) is 81.9 Å². The van der Waals surface area contributed by atoms with E-state index in [-0.39, 0.29) is 18.1 Å². The fourth-order valence-electron chi connectivity index (χ4n) is 3.20. The normalized spacial score (nSPS) is 19.8. The van der Waals surface area contributed by atoms with Gasteiger partial charge in [-0.15, -0.1) is 10.2 Å². The zero-order valence-electron chi connectivity index (χ0n) is 14.4. The Bertz CT molecular complexity index is 898. The van der Waals surface area contributed by atoms with Gasteiger partial charge in [-0.3, -0.25) is 14.2 Å².